The van der Waals surface area contributed by atoms with Crippen molar-refractivity contribution >= 4 is 20.7 Å². The number of benzene rings is 1. The lowest BCUT2D eigenvalue weighted by molar-refractivity contribution is 0.598. The van der Waals surface area contributed by atoms with E-state index < -0.39 is 20.7 Å². The maximum atomic E-state index is 12.3. The predicted octanol–water partition coefficient (Wildman–Crippen LogP) is 3.69. The molecule has 0 aliphatic heterocycles. The minimum absolute atomic E-state index is 0.117. The molecule has 0 N–H and O–H groups in total. The van der Waals surface area contributed by atoms with Crippen LogP contribution in [-0.4, -0.2) is 18.9 Å². The zero-order valence-corrected chi connectivity index (χ0v) is 13.9. The Balaban J connectivity index is 3.22. The van der Waals surface area contributed by atoms with E-state index in [2.05, 4.69) is 10.7 Å². The van der Waals surface area contributed by atoms with Gasteiger partial charge in [-0.25, -0.2) is 0 Å². The fourth-order valence-corrected chi connectivity index (χ4v) is 5.48. The van der Waals surface area contributed by atoms with Crippen molar-refractivity contribution in [2.75, 3.05) is 5.75 Å². The van der Waals surface area contributed by atoms with Crippen LogP contribution in [0.5, 0.6) is 0 Å². The molecule has 1 aromatic rings. The van der Waals surface area contributed by atoms with Crippen molar-refractivity contribution in [2.45, 2.75) is 50.7 Å². The summed E-state index contributed by atoms with van der Waals surface area (Å²) in [5.41, 5.74) is 1.04. The van der Waals surface area contributed by atoms with E-state index >= 15 is 0 Å². The average Bonchev–Trinajstić information content (AvgIpc) is 2.27. The van der Waals surface area contributed by atoms with Gasteiger partial charge in [-0.1, -0.05) is 56.1 Å². The van der Waals surface area contributed by atoms with Gasteiger partial charge in [0.1, 0.15) is 0 Å². The van der Waals surface area contributed by atoms with Crippen molar-refractivity contribution in [3.05, 3.63) is 29.8 Å². The monoisotopic (exact) mass is 301 g/mol. The normalized spacial score (nSPS) is 14.6. The van der Waals surface area contributed by atoms with E-state index in [-0.39, 0.29) is 9.64 Å². The summed E-state index contributed by atoms with van der Waals surface area (Å²) in [6.07, 6.45) is 0.938. The molecule has 1 rings (SSSR count). The number of rotatable bonds is 4. The van der Waals surface area contributed by atoms with Gasteiger partial charge in [0.25, 0.3) is 10.0 Å². The minimum atomic E-state index is -3.54. The van der Waals surface area contributed by atoms with Crippen molar-refractivity contribution in [1.82, 2.24) is 0 Å². The van der Waals surface area contributed by atoms with E-state index in [1.807, 2.05) is 27.7 Å². The van der Waals surface area contributed by atoms with Crippen molar-refractivity contribution in [3.63, 3.8) is 0 Å². The number of aryl methyl sites for hydroxylation is 1. The number of hydrogen-bond acceptors (Lipinski definition) is 2. The van der Waals surface area contributed by atoms with Crippen LogP contribution >= 0.6 is 0 Å². The highest BCUT2D eigenvalue weighted by atomic mass is 32.3. The summed E-state index contributed by atoms with van der Waals surface area (Å²) in [5, 5.41) is 0. The highest BCUT2D eigenvalue weighted by Gasteiger charge is 2.21. The summed E-state index contributed by atoms with van der Waals surface area (Å²) >= 11 is 0. The van der Waals surface area contributed by atoms with Crippen LogP contribution in [0.4, 0.5) is 0 Å². The van der Waals surface area contributed by atoms with Crippen LogP contribution in [0.1, 0.15) is 39.7 Å². The van der Waals surface area contributed by atoms with Gasteiger partial charge in [-0.15, -0.1) is 3.77 Å². The van der Waals surface area contributed by atoms with E-state index in [9.17, 15) is 8.42 Å². The van der Waals surface area contributed by atoms with E-state index in [1.54, 1.807) is 24.3 Å². The molecule has 0 aromatic heterocycles. The first kappa shape index (κ1) is 16.4. The molecule has 0 spiro atoms. The molecule has 1 aromatic carbocycles. The molecule has 1 atom stereocenters. The van der Waals surface area contributed by atoms with Crippen LogP contribution in [0.15, 0.2) is 32.9 Å². The molecular formula is C14H23NO2S2. The van der Waals surface area contributed by atoms with Crippen LogP contribution < -0.4 is 0 Å². The largest absolute Gasteiger partial charge is 0.287 e. The zero-order chi connectivity index (χ0) is 14.7. The standard InChI is InChI=1S/C14H23NO2S2/c1-6-11-18(14(3,4)5)15-19(16,17)13-9-7-12(2)8-10-13/h7-10H,6,11H2,1-5H3. The summed E-state index contributed by atoms with van der Waals surface area (Å²) in [7, 11) is -4.02. The Labute approximate surface area is 119 Å². The Bertz CT molecular complexity index is 552. The fraction of sp³-hybridized carbons (Fsp3) is 0.571. The van der Waals surface area contributed by atoms with Crippen LogP contribution in [0.25, 0.3) is 0 Å². The molecule has 19 heavy (non-hydrogen) atoms. The fourth-order valence-electron chi connectivity index (χ4n) is 1.52. The number of nitrogens with zero attached hydrogens (tertiary/aromatic N) is 1. The van der Waals surface area contributed by atoms with Crippen LogP contribution in [0.2, 0.25) is 0 Å². The molecule has 0 radical (unpaired) electrons. The van der Waals surface area contributed by atoms with E-state index in [4.69, 9.17) is 0 Å². The number of sulfonamides is 1. The topological polar surface area (TPSA) is 46.5 Å². The van der Waals surface area contributed by atoms with Gasteiger partial charge in [0, 0.05) is 10.5 Å². The van der Waals surface area contributed by atoms with E-state index in [1.165, 1.54) is 0 Å². The average molecular weight is 301 g/mol. The maximum Gasteiger partial charge on any atom is 0.287 e. The molecule has 0 aliphatic carbocycles. The maximum absolute atomic E-state index is 12.3. The first-order chi connectivity index (χ1) is 8.66. The molecular weight excluding hydrogens is 278 g/mol. The van der Waals surface area contributed by atoms with Gasteiger partial charge in [-0.2, -0.15) is 8.42 Å². The van der Waals surface area contributed by atoms with Crippen molar-refractivity contribution in [3.8, 4) is 0 Å². The van der Waals surface area contributed by atoms with Gasteiger partial charge in [0.05, 0.1) is 4.90 Å². The molecule has 108 valence electrons. The van der Waals surface area contributed by atoms with Gasteiger partial charge in [0.15, 0.2) is 0 Å². The molecule has 0 fully saturated rings. The first-order valence-electron chi connectivity index (χ1n) is 6.42. The van der Waals surface area contributed by atoms with Gasteiger partial charge >= 0.3 is 0 Å². The molecule has 1 unspecified atom stereocenters. The lowest BCUT2D eigenvalue weighted by atomic mass is 10.2. The quantitative estimate of drug-likeness (QED) is 0.851. The second-order valence-electron chi connectivity index (χ2n) is 5.54. The Morgan fingerprint density at radius 1 is 1.16 bits per heavy atom. The molecule has 0 saturated heterocycles. The Kier molecular flexibility index (Phi) is 5.33. The van der Waals surface area contributed by atoms with Crippen LogP contribution in [0.3, 0.4) is 0 Å². The third kappa shape index (κ3) is 4.73. The summed E-state index contributed by atoms with van der Waals surface area (Å²) < 4.78 is 28.7. The molecule has 3 nitrogen and oxygen atoms in total. The molecule has 0 aliphatic rings. The zero-order valence-electron chi connectivity index (χ0n) is 12.3. The Morgan fingerprint density at radius 3 is 2.11 bits per heavy atom. The van der Waals surface area contributed by atoms with Gasteiger partial charge in [-0.3, -0.25) is 0 Å². The van der Waals surface area contributed by atoms with Crippen molar-refractivity contribution in [2.24, 2.45) is 3.77 Å². The number of hydrogen-bond donors (Lipinski definition) is 0. The lowest BCUT2D eigenvalue weighted by Crippen LogP contribution is -2.24. The van der Waals surface area contributed by atoms with E-state index in [0.717, 1.165) is 17.7 Å². The summed E-state index contributed by atoms with van der Waals surface area (Å²) in [5.74, 6) is 0.814. The highest BCUT2D eigenvalue weighted by molar-refractivity contribution is 8.00. The highest BCUT2D eigenvalue weighted by Crippen LogP contribution is 2.21. The Morgan fingerprint density at radius 2 is 1.68 bits per heavy atom. The second-order valence-corrected chi connectivity index (χ2v) is 9.92. The van der Waals surface area contributed by atoms with Gasteiger partial charge in [-0.05, 0) is 25.5 Å². The SMILES string of the molecule is CCC/S(=N/S(=O)(=O)c1ccc(C)cc1)C(C)(C)C. The van der Waals surface area contributed by atoms with Crippen LogP contribution in [0, 0.1) is 6.92 Å². The smallest absolute Gasteiger partial charge is 0.199 e. The molecule has 0 bridgehead atoms. The second kappa shape index (κ2) is 6.18. The summed E-state index contributed by atoms with van der Waals surface area (Å²) in [6, 6.07) is 6.86. The molecule has 0 amide bonds. The third-order valence-electron chi connectivity index (χ3n) is 2.61. The lowest BCUT2D eigenvalue weighted by Gasteiger charge is -2.22. The molecule has 0 heterocycles. The summed E-state index contributed by atoms with van der Waals surface area (Å²) in [6.45, 7) is 10.1. The van der Waals surface area contributed by atoms with Gasteiger partial charge in [0.2, 0.25) is 0 Å². The van der Waals surface area contributed by atoms with E-state index in [0.29, 0.717) is 0 Å². The minimum Gasteiger partial charge on any atom is -0.199 e. The van der Waals surface area contributed by atoms with Crippen molar-refractivity contribution < 1.29 is 8.42 Å². The van der Waals surface area contributed by atoms with Crippen molar-refractivity contribution in [1.29, 1.82) is 0 Å². The third-order valence-corrected chi connectivity index (χ3v) is 7.19. The molecule has 5 heteroatoms. The van der Waals surface area contributed by atoms with Crippen LogP contribution in [-0.2, 0) is 20.7 Å². The Hall–Kier alpha value is -0.680. The van der Waals surface area contributed by atoms with Gasteiger partial charge < -0.3 is 0 Å². The summed E-state index contributed by atoms with van der Waals surface area (Å²) in [4.78, 5) is 0.288. The first-order valence-corrected chi connectivity index (χ1v) is 9.21. The molecule has 0 saturated carbocycles. The predicted molar refractivity (Wildman–Crippen MR) is 83.1 cm³/mol.